The van der Waals surface area contributed by atoms with Crippen molar-refractivity contribution >= 4 is 15.9 Å². The Morgan fingerprint density at radius 2 is 2.38 bits per heavy atom. The van der Waals surface area contributed by atoms with E-state index in [1.807, 2.05) is 18.3 Å². The van der Waals surface area contributed by atoms with Gasteiger partial charge in [0.05, 0.1) is 5.69 Å². The number of halogens is 1. The maximum absolute atomic E-state index is 4.30. The van der Waals surface area contributed by atoms with E-state index in [9.17, 15) is 0 Å². The first-order valence-corrected chi connectivity index (χ1v) is 5.33. The SMILES string of the molecule is CC1(NCc2ncccc2Br)CC1. The van der Waals surface area contributed by atoms with Crippen molar-refractivity contribution in [1.29, 1.82) is 0 Å². The van der Waals surface area contributed by atoms with Crippen LogP contribution in [-0.2, 0) is 6.54 Å². The molecule has 2 nitrogen and oxygen atoms in total. The van der Waals surface area contributed by atoms with Crippen molar-refractivity contribution in [3.63, 3.8) is 0 Å². The summed E-state index contributed by atoms with van der Waals surface area (Å²) in [5, 5.41) is 3.50. The maximum atomic E-state index is 4.30. The minimum Gasteiger partial charge on any atom is -0.306 e. The molecule has 0 spiro atoms. The van der Waals surface area contributed by atoms with E-state index in [1.165, 1.54) is 12.8 Å². The highest BCUT2D eigenvalue weighted by Crippen LogP contribution is 2.34. The Bertz CT molecular complexity index is 308. The standard InChI is InChI=1S/C10H13BrN2/c1-10(4-5-10)13-7-9-8(11)3-2-6-12-9/h2-3,6,13H,4-5,7H2,1H3. The van der Waals surface area contributed by atoms with Gasteiger partial charge in [0.2, 0.25) is 0 Å². The topological polar surface area (TPSA) is 24.9 Å². The summed E-state index contributed by atoms with van der Waals surface area (Å²) in [6.45, 7) is 3.11. The monoisotopic (exact) mass is 240 g/mol. The van der Waals surface area contributed by atoms with E-state index in [0.717, 1.165) is 16.7 Å². The fourth-order valence-electron chi connectivity index (χ4n) is 1.21. The molecule has 0 aromatic carbocycles. The van der Waals surface area contributed by atoms with Gasteiger partial charge in [0.1, 0.15) is 0 Å². The van der Waals surface area contributed by atoms with Crippen LogP contribution >= 0.6 is 15.9 Å². The number of nitrogens with one attached hydrogen (secondary N) is 1. The number of nitrogens with zero attached hydrogens (tertiary/aromatic N) is 1. The molecule has 2 rings (SSSR count). The lowest BCUT2D eigenvalue weighted by Gasteiger charge is -2.11. The van der Waals surface area contributed by atoms with Crippen molar-refractivity contribution in [2.45, 2.75) is 31.8 Å². The lowest BCUT2D eigenvalue weighted by atomic mass is 10.3. The van der Waals surface area contributed by atoms with Crippen LogP contribution in [0.15, 0.2) is 22.8 Å². The molecule has 13 heavy (non-hydrogen) atoms. The highest BCUT2D eigenvalue weighted by molar-refractivity contribution is 9.10. The highest BCUT2D eigenvalue weighted by Gasteiger charge is 2.36. The minimum absolute atomic E-state index is 0.386. The van der Waals surface area contributed by atoms with E-state index in [-0.39, 0.29) is 0 Å². The first kappa shape index (κ1) is 9.16. The van der Waals surface area contributed by atoms with Crippen LogP contribution in [0.25, 0.3) is 0 Å². The van der Waals surface area contributed by atoms with Gasteiger partial charge in [-0.2, -0.15) is 0 Å². The summed E-state index contributed by atoms with van der Waals surface area (Å²) in [7, 11) is 0. The molecule has 0 atom stereocenters. The third-order valence-corrected chi connectivity index (χ3v) is 3.24. The van der Waals surface area contributed by atoms with Gasteiger partial charge in [-0.3, -0.25) is 4.98 Å². The molecule has 0 aliphatic heterocycles. The van der Waals surface area contributed by atoms with Crippen LogP contribution in [0.1, 0.15) is 25.5 Å². The number of pyridine rings is 1. The van der Waals surface area contributed by atoms with Crippen molar-refractivity contribution in [2.24, 2.45) is 0 Å². The molecule has 1 aliphatic rings. The molecular formula is C10H13BrN2. The molecule has 1 aromatic rings. The molecule has 0 saturated heterocycles. The van der Waals surface area contributed by atoms with Crippen LogP contribution in [0.4, 0.5) is 0 Å². The van der Waals surface area contributed by atoms with Crippen LogP contribution in [0.5, 0.6) is 0 Å². The molecular weight excluding hydrogens is 228 g/mol. The maximum Gasteiger partial charge on any atom is 0.0683 e. The quantitative estimate of drug-likeness (QED) is 0.879. The Balaban J connectivity index is 1.97. The zero-order valence-corrected chi connectivity index (χ0v) is 9.26. The number of rotatable bonds is 3. The molecule has 1 saturated carbocycles. The van der Waals surface area contributed by atoms with Crippen molar-refractivity contribution in [1.82, 2.24) is 10.3 Å². The second-order valence-corrected chi connectivity index (χ2v) is 4.70. The van der Waals surface area contributed by atoms with Crippen LogP contribution in [0, 0.1) is 0 Å². The summed E-state index contributed by atoms with van der Waals surface area (Å²) in [6, 6.07) is 3.96. The Labute approximate surface area is 86.9 Å². The van der Waals surface area contributed by atoms with Gasteiger partial charge in [0, 0.05) is 22.8 Å². The first-order chi connectivity index (χ1) is 6.20. The number of aromatic nitrogens is 1. The second kappa shape index (κ2) is 3.39. The van der Waals surface area contributed by atoms with Crippen molar-refractivity contribution in [3.05, 3.63) is 28.5 Å². The summed E-state index contributed by atoms with van der Waals surface area (Å²) in [6.07, 6.45) is 4.41. The Morgan fingerprint density at radius 1 is 1.62 bits per heavy atom. The van der Waals surface area contributed by atoms with Gasteiger partial charge in [0.15, 0.2) is 0 Å². The Hall–Kier alpha value is -0.410. The van der Waals surface area contributed by atoms with Crippen molar-refractivity contribution in [2.75, 3.05) is 0 Å². The third-order valence-electron chi connectivity index (χ3n) is 2.52. The zero-order valence-electron chi connectivity index (χ0n) is 7.68. The molecule has 1 aliphatic carbocycles. The van der Waals surface area contributed by atoms with Gasteiger partial charge in [-0.05, 0) is 47.8 Å². The van der Waals surface area contributed by atoms with E-state index < -0.39 is 0 Å². The van der Waals surface area contributed by atoms with E-state index >= 15 is 0 Å². The smallest absolute Gasteiger partial charge is 0.0683 e. The van der Waals surface area contributed by atoms with Gasteiger partial charge in [-0.15, -0.1) is 0 Å². The fraction of sp³-hybridized carbons (Fsp3) is 0.500. The predicted molar refractivity (Wildman–Crippen MR) is 56.4 cm³/mol. The van der Waals surface area contributed by atoms with E-state index in [1.54, 1.807) is 0 Å². The van der Waals surface area contributed by atoms with Gasteiger partial charge in [-0.1, -0.05) is 0 Å². The van der Waals surface area contributed by atoms with Crippen LogP contribution in [-0.4, -0.2) is 10.5 Å². The number of hydrogen-bond donors (Lipinski definition) is 1. The van der Waals surface area contributed by atoms with Gasteiger partial charge in [0.25, 0.3) is 0 Å². The predicted octanol–water partition coefficient (Wildman–Crippen LogP) is 2.49. The van der Waals surface area contributed by atoms with Gasteiger partial charge in [-0.25, -0.2) is 0 Å². The van der Waals surface area contributed by atoms with E-state index in [2.05, 4.69) is 33.2 Å². The lowest BCUT2D eigenvalue weighted by Crippen LogP contribution is -2.27. The molecule has 0 bridgehead atoms. The fourth-order valence-corrected chi connectivity index (χ4v) is 1.61. The normalized spacial score (nSPS) is 18.6. The van der Waals surface area contributed by atoms with Crippen molar-refractivity contribution < 1.29 is 0 Å². The van der Waals surface area contributed by atoms with Crippen molar-refractivity contribution in [3.8, 4) is 0 Å². The van der Waals surface area contributed by atoms with Gasteiger partial charge >= 0.3 is 0 Å². The molecule has 1 N–H and O–H groups in total. The largest absolute Gasteiger partial charge is 0.306 e. The Kier molecular flexibility index (Phi) is 2.39. The van der Waals surface area contributed by atoms with Gasteiger partial charge < -0.3 is 5.32 Å². The molecule has 1 aromatic heterocycles. The molecule has 70 valence electrons. The average Bonchev–Trinajstić information content (AvgIpc) is 2.83. The van der Waals surface area contributed by atoms with Crippen LogP contribution in [0.2, 0.25) is 0 Å². The molecule has 3 heteroatoms. The summed E-state index contributed by atoms with van der Waals surface area (Å²) in [5.41, 5.74) is 1.48. The van der Waals surface area contributed by atoms with Crippen LogP contribution < -0.4 is 5.32 Å². The van der Waals surface area contributed by atoms with Crippen LogP contribution in [0.3, 0.4) is 0 Å². The van der Waals surface area contributed by atoms with E-state index in [0.29, 0.717) is 5.54 Å². The van der Waals surface area contributed by atoms with E-state index in [4.69, 9.17) is 0 Å². The highest BCUT2D eigenvalue weighted by atomic mass is 79.9. The molecule has 0 unspecified atom stereocenters. The minimum atomic E-state index is 0.386. The lowest BCUT2D eigenvalue weighted by molar-refractivity contribution is 0.531. The summed E-state index contributed by atoms with van der Waals surface area (Å²) < 4.78 is 1.09. The molecule has 0 amide bonds. The molecule has 1 fully saturated rings. The summed E-state index contributed by atoms with van der Waals surface area (Å²) in [4.78, 5) is 4.30. The average molecular weight is 241 g/mol. The number of hydrogen-bond acceptors (Lipinski definition) is 2. The summed E-state index contributed by atoms with van der Waals surface area (Å²) >= 11 is 3.48. The zero-order chi connectivity index (χ0) is 9.31. The molecule has 1 heterocycles. The molecule has 0 radical (unpaired) electrons. The first-order valence-electron chi connectivity index (χ1n) is 4.54. The third kappa shape index (κ3) is 2.29. The Morgan fingerprint density at radius 3 is 3.00 bits per heavy atom. The summed E-state index contributed by atoms with van der Waals surface area (Å²) in [5.74, 6) is 0. The second-order valence-electron chi connectivity index (χ2n) is 3.85.